The SMILES string of the molecule is c1cnc2ccc(-c3nc(C4CCCCN4)no3)cc2c1. The number of piperidine rings is 1. The van der Waals surface area contributed by atoms with Gasteiger partial charge in [-0.2, -0.15) is 4.98 Å². The van der Waals surface area contributed by atoms with Crippen LogP contribution in [0.15, 0.2) is 41.1 Å². The van der Waals surface area contributed by atoms with Gasteiger partial charge < -0.3 is 9.84 Å². The fourth-order valence-electron chi connectivity index (χ4n) is 2.77. The van der Waals surface area contributed by atoms with Crippen LogP contribution in [-0.4, -0.2) is 21.7 Å². The van der Waals surface area contributed by atoms with Crippen molar-refractivity contribution in [3.05, 3.63) is 42.4 Å². The summed E-state index contributed by atoms with van der Waals surface area (Å²) < 4.78 is 5.43. The number of hydrogen-bond acceptors (Lipinski definition) is 5. The molecule has 1 aliphatic heterocycles. The van der Waals surface area contributed by atoms with Crippen LogP contribution in [0.4, 0.5) is 0 Å². The predicted octanol–water partition coefficient (Wildman–Crippen LogP) is 3.10. The Morgan fingerprint density at radius 1 is 1.19 bits per heavy atom. The van der Waals surface area contributed by atoms with Crippen LogP contribution in [0.2, 0.25) is 0 Å². The van der Waals surface area contributed by atoms with Gasteiger partial charge >= 0.3 is 0 Å². The first-order valence-electron chi connectivity index (χ1n) is 7.32. The lowest BCUT2D eigenvalue weighted by Crippen LogP contribution is -2.27. The maximum atomic E-state index is 5.43. The van der Waals surface area contributed by atoms with Crippen molar-refractivity contribution in [3.8, 4) is 11.5 Å². The largest absolute Gasteiger partial charge is 0.334 e. The molecule has 1 atom stereocenters. The maximum absolute atomic E-state index is 5.43. The van der Waals surface area contributed by atoms with Crippen LogP contribution in [0.25, 0.3) is 22.4 Å². The summed E-state index contributed by atoms with van der Waals surface area (Å²) >= 11 is 0. The fraction of sp³-hybridized carbons (Fsp3) is 0.312. The summed E-state index contributed by atoms with van der Waals surface area (Å²) in [6.45, 7) is 1.02. The third-order valence-electron chi connectivity index (χ3n) is 3.91. The smallest absolute Gasteiger partial charge is 0.258 e. The third-order valence-corrected chi connectivity index (χ3v) is 3.91. The summed E-state index contributed by atoms with van der Waals surface area (Å²) in [6, 6.07) is 10.2. The van der Waals surface area contributed by atoms with Crippen molar-refractivity contribution in [3.63, 3.8) is 0 Å². The Bertz CT molecular complexity index is 762. The van der Waals surface area contributed by atoms with Crippen molar-refractivity contribution in [1.29, 1.82) is 0 Å². The second-order valence-electron chi connectivity index (χ2n) is 5.37. The van der Waals surface area contributed by atoms with Crippen LogP contribution < -0.4 is 5.32 Å². The maximum Gasteiger partial charge on any atom is 0.258 e. The van der Waals surface area contributed by atoms with Gasteiger partial charge in [0.15, 0.2) is 5.82 Å². The zero-order valence-corrected chi connectivity index (χ0v) is 11.6. The molecule has 0 amide bonds. The summed E-state index contributed by atoms with van der Waals surface area (Å²) in [5.41, 5.74) is 1.90. The zero-order chi connectivity index (χ0) is 14.1. The fourth-order valence-corrected chi connectivity index (χ4v) is 2.77. The van der Waals surface area contributed by atoms with Crippen LogP contribution in [-0.2, 0) is 0 Å². The Kier molecular flexibility index (Phi) is 3.12. The highest BCUT2D eigenvalue weighted by Gasteiger charge is 2.20. The van der Waals surface area contributed by atoms with E-state index < -0.39 is 0 Å². The molecule has 1 saturated heterocycles. The standard InChI is InChI=1S/C16H16N4O/c1-2-8-18-14(5-1)15-19-16(21-20-15)12-6-7-13-11(10-12)4-3-9-17-13/h3-4,6-7,9-10,14,18H,1-2,5,8H2. The van der Waals surface area contributed by atoms with E-state index in [0.29, 0.717) is 5.89 Å². The molecule has 0 aliphatic carbocycles. The van der Waals surface area contributed by atoms with Crippen molar-refractivity contribution in [1.82, 2.24) is 20.4 Å². The zero-order valence-electron chi connectivity index (χ0n) is 11.6. The Hall–Kier alpha value is -2.27. The van der Waals surface area contributed by atoms with Gasteiger partial charge in [-0.15, -0.1) is 0 Å². The summed E-state index contributed by atoms with van der Waals surface area (Å²) in [6.07, 6.45) is 5.30. The molecule has 21 heavy (non-hydrogen) atoms. The minimum atomic E-state index is 0.221. The van der Waals surface area contributed by atoms with E-state index in [9.17, 15) is 0 Å². The lowest BCUT2D eigenvalue weighted by molar-refractivity contribution is 0.367. The monoisotopic (exact) mass is 280 g/mol. The van der Waals surface area contributed by atoms with Gasteiger partial charge in [0, 0.05) is 17.1 Å². The Labute approximate surface area is 122 Å². The Balaban J connectivity index is 1.67. The number of pyridine rings is 1. The Morgan fingerprint density at radius 3 is 3.10 bits per heavy atom. The van der Waals surface area contributed by atoms with Gasteiger partial charge in [0.05, 0.1) is 11.6 Å². The molecule has 2 aromatic heterocycles. The van der Waals surface area contributed by atoms with E-state index in [-0.39, 0.29) is 6.04 Å². The second kappa shape index (κ2) is 5.26. The quantitative estimate of drug-likeness (QED) is 0.781. The van der Waals surface area contributed by atoms with Crippen LogP contribution >= 0.6 is 0 Å². The molecule has 0 saturated carbocycles. The van der Waals surface area contributed by atoms with E-state index in [0.717, 1.165) is 35.3 Å². The molecule has 1 N–H and O–H groups in total. The van der Waals surface area contributed by atoms with Gasteiger partial charge in [0.2, 0.25) is 0 Å². The third kappa shape index (κ3) is 2.40. The molecule has 1 aliphatic rings. The van der Waals surface area contributed by atoms with Gasteiger partial charge in [-0.25, -0.2) is 0 Å². The lowest BCUT2D eigenvalue weighted by Gasteiger charge is -2.19. The first-order valence-corrected chi connectivity index (χ1v) is 7.32. The van der Waals surface area contributed by atoms with E-state index in [4.69, 9.17) is 4.52 Å². The van der Waals surface area contributed by atoms with Crippen LogP contribution in [0.1, 0.15) is 31.1 Å². The molecular formula is C16H16N4O. The van der Waals surface area contributed by atoms with Crippen molar-refractivity contribution in [2.45, 2.75) is 25.3 Å². The Morgan fingerprint density at radius 2 is 2.19 bits per heavy atom. The predicted molar refractivity (Wildman–Crippen MR) is 79.6 cm³/mol. The van der Waals surface area contributed by atoms with Crippen LogP contribution in [0.5, 0.6) is 0 Å². The van der Waals surface area contributed by atoms with Crippen LogP contribution in [0.3, 0.4) is 0 Å². The first-order chi connectivity index (χ1) is 10.4. The van der Waals surface area contributed by atoms with E-state index in [1.807, 2.05) is 30.3 Å². The molecule has 0 spiro atoms. The highest BCUT2D eigenvalue weighted by molar-refractivity contribution is 5.82. The minimum Gasteiger partial charge on any atom is -0.334 e. The molecule has 3 aromatic rings. The van der Waals surface area contributed by atoms with Crippen molar-refractivity contribution in [2.24, 2.45) is 0 Å². The van der Waals surface area contributed by atoms with E-state index >= 15 is 0 Å². The van der Waals surface area contributed by atoms with Gasteiger partial charge in [-0.1, -0.05) is 17.6 Å². The average Bonchev–Trinajstić information content (AvgIpc) is 3.05. The number of fused-ring (bicyclic) bond motifs is 1. The number of nitrogens with one attached hydrogen (secondary N) is 1. The summed E-state index contributed by atoms with van der Waals surface area (Å²) in [7, 11) is 0. The second-order valence-corrected chi connectivity index (χ2v) is 5.37. The highest BCUT2D eigenvalue weighted by atomic mass is 16.5. The molecule has 5 nitrogen and oxygen atoms in total. The first kappa shape index (κ1) is 12.5. The molecule has 0 radical (unpaired) electrons. The number of aromatic nitrogens is 3. The van der Waals surface area contributed by atoms with Gasteiger partial charge in [0.1, 0.15) is 0 Å². The number of benzene rings is 1. The molecule has 3 heterocycles. The normalized spacial score (nSPS) is 19.0. The molecule has 1 aromatic carbocycles. The van der Waals surface area contributed by atoms with Gasteiger partial charge in [-0.3, -0.25) is 4.98 Å². The van der Waals surface area contributed by atoms with Crippen molar-refractivity contribution < 1.29 is 4.52 Å². The molecule has 5 heteroatoms. The molecular weight excluding hydrogens is 264 g/mol. The highest BCUT2D eigenvalue weighted by Crippen LogP contribution is 2.25. The topological polar surface area (TPSA) is 63.8 Å². The van der Waals surface area contributed by atoms with E-state index in [1.54, 1.807) is 6.20 Å². The lowest BCUT2D eigenvalue weighted by atomic mass is 10.0. The van der Waals surface area contributed by atoms with Gasteiger partial charge in [0.25, 0.3) is 5.89 Å². The average molecular weight is 280 g/mol. The van der Waals surface area contributed by atoms with Crippen LogP contribution in [0, 0.1) is 0 Å². The number of rotatable bonds is 2. The summed E-state index contributed by atoms with van der Waals surface area (Å²) in [4.78, 5) is 8.87. The van der Waals surface area contributed by atoms with Crippen molar-refractivity contribution >= 4 is 10.9 Å². The molecule has 4 rings (SSSR count). The molecule has 0 bridgehead atoms. The minimum absolute atomic E-state index is 0.221. The summed E-state index contributed by atoms with van der Waals surface area (Å²) in [5, 5.41) is 8.64. The number of hydrogen-bond donors (Lipinski definition) is 1. The number of nitrogens with zero attached hydrogens (tertiary/aromatic N) is 3. The van der Waals surface area contributed by atoms with E-state index in [1.165, 1.54) is 12.8 Å². The molecule has 1 unspecified atom stereocenters. The van der Waals surface area contributed by atoms with Gasteiger partial charge in [-0.05, 0) is 43.7 Å². The van der Waals surface area contributed by atoms with E-state index in [2.05, 4.69) is 20.4 Å². The van der Waals surface area contributed by atoms with Crippen molar-refractivity contribution in [2.75, 3.05) is 6.54 Å². The molecule has 106 valence electrons. The summed E-state index contributed by atoms with van der Waals surface area (Å²) in [5.74, 6) is 1.33. The molecule has 1 fully saturated rings.